The largest absolute Gasteiger partial charge is 0.312 e. The smallest absolute Gasteiger partial charge is 0.243 e. The number of carbonyl (C=O) groups is 1. The minimum absolute atomic E-state index is 0.0629. The lowest BCUT2D eigenvalue weighted by atomic mass is 10.1. The molecule has 0 saturated carbocycles. The minimum Gasteiger partial charge on any atom is -0.312 e. The number of sulfonamides is 1. The summed E-state index contributed by atoms with van der Waals surface area (Å²) in [6.45, 7) is 3.15. The van der Waals surface area contributed by atoms with Crippen LogP contribution in [0.25, 0.3) is 0 Å². The van der Waals surface area contributed by atoms with Crippen LogP contribution in [0.4, 0.5) is 5.69 Å². The molecule has 0 N–H and O–H groups in total. The van der Waals surface area contributed by atoms with Crippen molar-refractivity contribution in [2.75, 3.05) is 18.0 Å². The molecule has 166 valence electrons. The van der Waals surface area contributed by atoms with E-state index >= 15 is 0 Å². The van der Waals surface area contributed by atoms with Crippen LogP contribution in [0.2, 0.25) is 0 Å². The maximum absolute atomic E-state index is 13.7. The van der Waals surface area contributed by atoms with Crippen molar-refractivity contribution in [1.29, 1.82) is 0 Å². The Bertz CT molecular complexity index is 1180. The number of fused-ring (bicyclic) bond motifs is 1. The van der Waals surface area contributed by atoms with E-state index in [0.29, 0.717) is 38.9 Å². The second-order valence-corrected chi connectivity index (χ2v) is 9.94. The van der Waals surface area contributed by atoms with E-state index in [1.165, 1.54) is 0 Å². The van der Waals surface area contributed by atoms with Gasteiger partial charge >= 0.3 is 0 Å². The number of nitrogens with zero attached hydrogens (tertiary/aromatic N) is 2. The van der Waals surface area contributed by atoms with Crippen LogP contribution < -0.4 is 4.90 Å². The molecule has 0 unspecified atom stereocenters. The second kappa shape index (κ2) is 9.67. The highest BCUT2D eigenvalue weighted by molar-refractivity contribution is 7.89. The van der Waals surface area contributed by atoms with E-state index in [-0.39, 0.29) is 10.8 Å². The fourth-order valence-corrected chi connectivity index (χ4v) is 5.59. The summed E-state index contributed by atoms with van der Waals surface area (Å²) in [6, 6.07) is 24.7. The summed E-state index contributed by atoms with van der Waals surface area (Å²) in [4.78, 5) is 14.2. The summed E-state index contributed by atoms with van der Waals surface area (Å²) in [6.07, 6.45) is 1.74. The van der Waals surface area contributed by atoms with Gasteiger partial charge in [-0.3, -0.25) is 4.79 Å². The molecule has 0 atom stereocenters. The summed E-state index contributed by atoms with van der Waals surface area (Å²) >= 11 is 0. The van der Waals surface area contributed by atoms with E-state index in [0.717, 1.165) is 22.4 Å². The van der Waals surface area contributed by atoms with Gasteiger partial charge in [0.1, 0.15) is 0 Å². The fraction of sp³-hybridized carbons (Fsp3) is 0.269. The summed E-state index contributed by atoms with van der Waals surface area (Å²) in [5.41, 5.74) is 3.79. The van der Waals surface area contributed by atoms with Gasteiger partial charge in [-0.2, -0.15) is 4.31 Å². The van der Waals surface area contributed by atoms with Gasteiger partial charge < -0.3 is 4.90 Å². The van der Waals surface area contributed by atoms with E-state index in [2.05, 4.69) is 0 Å². The fourth-order valence-electron chi connectivity index (χ4n) is 4.11. The van der Waals surface area contributed by atoms with Crippen molar-refractivity contribution in [2.24, 2.45) is 0 Å². The third kappa shape index (κ3) is 4.76. The van der Waals surface area contributed by atoms with Crippen LogP contribution in [-0.2, 0) is 34.2 Å². The number of hydrogen-bond donors (Lipinski definition) is 0. The Balaban J connectivity index is 1.62. The zero-order chi connectivity index (χ0) is 22.6. The minimum atomic E-state index is -3.70. The van der Waals surface area contributed by atoms with Crippen LogP contribution in [-0.4, -0.2) is 31.7 Å². The second-order valence-electron chi connectivity index (χ2n) is 8.00. The summed E-state index contributed by atoms with van der Waals surface area (Å²) in [5.74, 6) is 0.0629. The van der Waals surface area contributed by atoms with E-state index in [1.54, 1.807) is 27.4 Å². The Labute approximate surface area is 190 Å². The monoisotopic (exact) mass is 448 g/mol. The number of rotatable bonds is 8. The maximum Gasteiger partial charge on any atom is 0.243 e. The van der Waals surface area contributed by atoms with Crippen molar-refractivity contribution in [3.63, 3.8) is 0 Å². The van der Waals surface area contributed by atoms with E-state index < -0.39 is 10.0 Å². The molecule has 1 amide bonds. The normalized spacial score (nSPS) is 13.4. The Morgan fingerprint density at radius 3 is 2.25 bits per heavy atom. The maximum atomic E-state index is 13.7. The molecule has 0 aliphatic carbocycles. The van der Waals surface area contributed by atoms with Crippen LogP contribution in [0, 0.1) is 0 Å². The summed E-state index contributed by atoms with van der Waals surface area (Å²) in [7, 11) is -3.70. The first-order valence-electron chi connectivity index (χ1n) is 11.0. The number of amides is 1. The quantitative estimate of drug-likeness (QED) is 0.513. The van der Waals surface area contributed by atoms with Crippen molar-refractivity contribution >= 4 is 21.6 Å². The Hall–Kier alpha value is -2.96. The standard InChI is InChI=1S/C26H28N2O3S/c1-2-26(29)28-18-16-23-19-24(13-14-25(23)28)32(30,31)27(20-22-11-7-4-8-12-22)17-15-21-9-5-3-6-10-21/h3-14,19H,2,15-18,20H2,1H3. The van der Waals surface area contributed by atoms with Crippen molar-refractivity contribution in [2.45, 2.75) is 37.6 Å². The SMILES string of the molecule is CCC(=O)N1CCc2cc(S(=O)(=O)N(CCc3ccccc3)Cc3ccccc3)ccc21. The van der Waals surface area contributed by atoms with Crippen molar-refractivity contribution in [1.82, 2.24) is 4.31 Å². The molecule has 1 aliphatic rings. The molecule has 0 fully saturated rings. The molecule has 1 aliphatic heterocycles. The van der Waals surface area contributed by atoms with E-state index in [4.69, 9.17) is 0 Å². The molecule has 0 spiro atoms. The average molecular weight is 449 g/mol. The van der Waals surface area contributed by atoms with E-state index in [1.807, 2.05) is 67.6 Å². The van der Waals surface area contributed by atoms with Crippen LogP contribution in [0.5, 0.6) is 0 Å². The molecular formula is C26H28N2O3S. The third-order valence-electron chi connectivity index (χ3n) is 5.88. The zero-order valence-corrected chi connectivity index (χ0v) is 19.1. The summed E-state index contributed by atoms with van der Waals surface area (Å²) < 4.78 is 28.9. The Morgan fingerprint density at radius 1 is 0.938 bits per heavy atom. The molecule has 0 radical (unpaired) electrons. The molecule has 1 heterocycles. The predicted molar refractivity (Wildman–Crippen MR) is 127 cm³/mol. The predicted octanol–water partition coefficient (Wildman–Crippen LogP) is 4.42. The molecule has 0 aromatic heterocycles. The molecule has 6 heteroatoms. The van der Waals surface area contributed by atoms with Gasteiger partial charge in [0.2, 0.25) is 15.9 Å². The molecule has 0 saturated heterocycles. The van der Waals surface area contributed by atoms with Gasteiger partial charge in [-0.05, 0) is 47.7 Å². The number of hydrogen-bond acceptors (Lipinski definition) is 3. The Kier molecular flexibility index (Phi) is 6.72. The number of carbonyl (C=O) groups excluding carboxylic acids is 1. The van der Waals surface area contributed by atoms with Crippen molar-refractivity contribution < 1.29 is 13.2 Å². The molecule has 3 aromatic carbocycles. The van der Waals surface area contributed by atoms with Gasteiger partial charge in [-0.15, -0.1) is 0 Å². The topological polar surface area (TPSA) is 57.7 Å². The molecule has 32 heavy (non-hydrogen) atoms. The van der Waals surface area contributed by atoms with Gasteiger partial charge in [0, 0.05) is 31.7 Å². The van der Waals surface area contributed by atoms with Crippen LogP contribution in [0.1, 0.15) is 30.0 Å². The van der Waals surface area contributed by atoms with Crippen LogP contribution >= 0.6 is 0 Å². The molecule has 5 nitrogen and oxygen atoms in total. The number of anilines is 1. The first-order chi connectivity index (χ1) is 15.5. The molecule has 3 aromatic rings. The molecule has 4 rings (SSSR count). The Morgan fingerprint density at radius 2 is 1.59 bits per heavy atom. The van der Waals surface area contributed by atoms with Gasteiger partial charge in [0.05, 0.1) is 4.90 Å². The first-order valence-corrected chi connectivity index (χ1v) is 12.4. The van der Waals surface area contributed by atoms with Gasteiger partial charge in [0.15, 0.2) is 0 Å². The molecular weight excluding hydrogens is 420 g/mol. The lowest BCUT2D eigenvalue weighted by Gasteiger charge is -2.23. The molecule has 0 bridgehead atoms. The highest BCUT2D eigenvalue weighted by Crippen LogP contribution is 2.32. The van der Waals surface area contributed by atoms with Gasteiger partial charge in [-0.25, -0.2) is 8.42 Å². The van der Waals surface area contributed by atoms with Gasteiger partial charge in [0.25, 0.3) is 0 Å². The highest BCUT2D eigenvalue weighted by atomic mass is 32.2. The first kappa shape index (κ1) is 22.2. The van der Waals surface area contributed by atoms with Crippen molar-refractivity contribution in [3.05, 3.63) is 95.6 Å². The highest BCUT2D eigenvalue weighted by Gasteiger charge is 2.29. The third-order valence-corrected chi connectivity index (χ3v) is 7.72. The lowest BCUT2D eigenvalue weighted by Crippen LogP contribution is -2.32. The lowest BCUT2D eigenvalue weighted by molar-refractivity contribution is -0.118. The zero-order valence-electron chi connectivity index (χ0n) is 18.3. The summed E-state index contributed by atoms with van der Waals surface area (Å²) in [5, 5.41) is 0. The van der Waals surface area contributed by atoms with Crippen LogP contribution in [0.15, 0.2) is 83.8 Å². The average Bonchev–Trinajstić information content (AvgIpc) is 3.26. The van der Waals surface area contributed by atoms with Crippen LogP contribution in [0.3, 0.4) is 0 Å². The van der Waals surface area contributed by atoms with E-state index in [9.17, 15) is 13.2 Å². The number of benzene rings is 3. The van der Waals surface area contributed by atoms with Gasteiger partial charge in [-0.1, -0.05) is 67.6 Å². The van der Waals surface area contributed by atoms with Crippen molar-refractivity contribution in [3.8, 4) is 0 Å².